The maximum absolute atomic E-state index is 12.0. The molecule has 2 aromatic carbocycles. The monoisotopic (exact) mass is 531 g/mol. The van der Waals surface area contributed by atoms with Crippen LogP contribution in [0.2, 0.25) is 0 Å². The summed E-state index contributed by atoms with van der Waals surface area (Å²) in [6, 6.07) is 14.4. The third-order valence-electron chi connectivity index (χ3n) is 5.62. The van der Waals surface area contributed by atoms with E-state index in [0.717, 1.165) is 36.7 Å². The van der Waals surface area contributed by atoms with Crippen molar-refractivity contribution in [3.05, 3.63) is 65.4 Å². The lowest BCUT2D eigenvalue weighted by molar-refractivity contribution is -0.116. The highest BCUT2D eigenvalue weighted by molar-refractivity contribution is 14.0. The topological polar surface area (TPSA) is 81.3 Å². The van der Waals surface area contributed by atoms with E-state index in [1.54, 1.807) is 0 Å². The van der Waals surface area contributed by atoms with E-state index in [9.17, 15) is 4.79 Å². The average molecular weight is 531 g/mol. The summed E-state index contributed by atoms with van der Waals surface area (Å²) in [5, 5.41) is 11.0. The van der Waals surface area contributed by atoms with Gasteiger partial charge >= 0.3 is 0 Å². The van der Waals surface area contributed by atoms with Gasteiger partial charge in [0.25, 0.3) is 0 Å². The summed E-state index contributed by atoms with van der Waals surface area (Å²) in [7, 11) is 0. The first-order chi connectivity index (χ1) is 14.7. The number of guanidine groups is 1. The van der Waals surface area contributed by atoms with E-state index in [1.165, 1.54) is 22.0 Å². The Morgan fingerprint density at radius 2 is 2.00 bits per heavy atom. The molecular formula is C24H30IN5O. The quantitative estimate of drug-likeness (QED) is 0.217. The van der Waals surface area contributed by atoms with Crippen molar-refractivity contribution in [2.45, 2.75) is 32.6 Å². The van der Waals surface area contributed by atoms with Gasteiger partial charge in [0.15, 0.2) is 5.96 Å². The number of para-hydroxylation sites is 2. The maximum Gasteiger partial charge on any atom is 0.225 e. The number of hydrogen-bond acceptors (Lipinski definition) is 2. The zero-order valence-electron chi connectivity index (χ0n) is 18.0. The van der Waals surface area contributed by atoms with Crippen molar-refractivity contribution < 1.29 is 4.79 Å². The molecule has 0 spiro atoms. The van der Waals surface area contributed by atoms with Crippen molar-refractivity contribution in [2.75, 3.05) is 25.0 Å². The van der Waals surface area contributed by atoms with Crippen molar-refractivity contribution in [1.29, 1.82) is 0 Å². The minimum absolute atomic E-state index is 0. The summed E-state index contributed by atoms with van der Waals surface area (Å²) in [5.74, 6) is 0.945. The zero-order valence-corrected chi connectivity index (χ0v) is 20.3. The third-order valence-corrected chi connectivity index (χ3v) is 5.62. The van der Waals surface area contributed by atoms with E-state index >= 15 is 0 Å². The van der Waals surface area contributed by atoms with E-state index < -0.39 is 0 Å². The van der Waals surface area contributed by atoms with E-state index in [1.807, 2.05) is 18.2 Å². The van der Waals surface area contributed by atoms with Crippen molar-refractivity contribution in [1.82, 2.24) is 15.6 Å². The number of halogens is 1. The van der Waals surface area contributed by atoms with Crippen LogP contribution in [0.4, 0.5) is 5.69 Å². The number of rotatable bonds is 6. The van der Waals surface area contributed by atoms with Gasteiger partial charge in [0.2, 0.25) is 5.91 Å². The number of amides is 1. The van der Waals surface area contributed by atoms with Crippen LogP contribution in [-0.4, -0.2) is 36.5 Å². The average Bonchev–Trinajstić information content (AvgIpc) is 3.16. The summed E-state index contributed by atoms with van der Waals surface area (Å²) >= 11 is 0. The molecule has 1 atom stereocenters. The SMILES string of the molecule is CCNC(=NCC1CC(=O)Nc2ccccc21)NCCc1c[nH]c2c(C)cccc12.I. The second-order valence-electron chi connectivity index (χ2n) is 7.74. The van der Waals surface area contributed by atoms with Gasteiger partial charge in [-0.3, -0.25) is 9.79 Å². The lowest BCUT2D eigenvalue weighted by atomic mass is 9.91. The largest absolute Gasteiger partial charge is 0.361 e. The molecule has 164 valence electrons. The van der Waals surface area contributed by atoms with Gasteiger partial charge in [0.05, 0.1) is 6.54 Å². The summed E-state index contributed by atoms with van der Waals surface area (Å²) < 4.78 is 0. The van der Waals surface area contributed by atoms with Crippen LogP contribution >= 0.6 is 24.0 Å². The van der Waals surface area contributed by atoms with Gasteiger partial charge < -0.3 is 20.9 Å². The first-order valence-electron chi connectivity index (χ1n) is 10.6. The number of carbonyl (C=O) groups excluding carboxylic acids is 1. The Labute approximate surface area is 200 Å². The molecule has 6 nitrogen and oxygen atoms in total. The number of hydrogen-bond donors (Lipinski definition) is 4. The molecule has 7 heteroatoms. The fourth-order valence-corrected chi connectivity index (χ4v) is 4.09. The molecule has 0 bridgehead atoms. The van der Waals surface area contributed by atoms with Gasteiger partial charge in [0.1, 0.15) is 0 Å². The number of aromatic nitrogens is 1. The number of H-pyrrole nitrogens is 1. The Balaban J connectivity index is 0.00000272. The first kappa shape index (κ1) is 23.1. The van der Waals surface area contributed by atoms with Crippen molar-refractivity contribution in [2.24, 2.45) is 4.99 Å². The van der Waals surface area contributed by atoms with E-state index in [0.29, 0.717) is 13.0 Å². The van der Waals surface area contributed by atoms with E-state index in [2.05, 4.69) is 65.2 Å². The smallest absolute Gasteiger partial charge is 0.225 e. The van der Waals surface area contributed by atoms with Gasteiger partial charge in [-0.05, 0) is 43.0 Å². The van der Waals surface area contributed by atoms with Gasteiger partial charge in [-0.2, -0.15) is 0 Å². The molecule has 3 aromatic rings. The molecular weight excluding hydrogens is 501 g/mol. The van der Waals surface area contributed by atoms with Crippen LogP contribution < -0.4 is 16.0 Å². The summed E-state index contributed by atoms with van der Waals surface area (Å²) in [5.41, 5.74) is 5.84. The molecule has 1 aliphatic heterocycles. The number of nitrogens with zero attached hydrogens (tertiary/aromatic N) is 1. The highest BCUT2D eigenvalue weighted by atomic mass is 127. The molecule has 0 fully saturated rings. The molecule has 31 heavy (non-hydrogen) atoms. The minimum atomic E-state index is 0. The van der Waals surface area contributed by atoms with Gasteiger partial charge in [-0.15, -0.1) is 24.0 Å². The summed E-state index contributed by atoms with van der Waals surface area (Å²) in [4.78, 5) is 20.2. The molecule has 0 saturated heterocycles. The molecule has 0 aliphatic carbocycles. The van der Waals surface area contributed by atoms with E-state index in [4.69, 9.17) is 4.99 Å². The number of aliphatic imine (C=N–C) groups is 1. The van der Waals surface area contributed by atoms with Crippen molar-refractivity contribution in [3.63, 3.8) is 0 Å². The standard InChI is InChI=1S/C24H29N5O.HI/c1-3-25-24(26-12-11-17-14-27-23-16(2)7-6-9-20(17)23)28-15-18-13-22(30)29-21-10-5-4-8-19(18)21;/h4-10,14,18,27H,3,11-13,15H2,1-2H3,(H,29,30)(H2,25,26,28);1H. The molecule has 1 aromatic heterocycles. The number of aryl methyl sites for hydroxylation is 1. The van der Waals surface area contributed by atoms with Crippen molar-refractivity contribution >= 4 is 52.4 Å². The predicted molar refractivity (Wildman–Crippen MR) is 139 cm³/mol. The van der Waals surface area contributed by atoms with Crippen LogP contribution in [0.5, 0.6) is 0 Å². The lowest BCUT2D eigenvalue weighted by Crippen LogP contribution is -2.38. The number of nitrogens with one attached hydrogen (secondary N) is 4. The van der Waals surface area contributed by atoms with Crippen molar-refractivity contribution in [3.8, 4) is 0 Å². The van der Waals surface area contributed by atoms with Gasteiger partial charge in [-0.25, -0.2) is 0 Å². The Morgan fingerprint density at radius 3 is 2.84 bits per heavy atom. The Kier molecular flexibility index (Phi) is 7.95. The number of benzene rings is 2. The lowest BCUT2D eigenvalue weighted by Gasteiger charge is -2.24. The van der Waals surface area contributed by atoms with E-state index in [-0.39, 0.29) is 35.8 Å². The number of carbonyl (C=O) groups is 1. The summed E-state index contributed by atoms with van der Waals surface area (Å²) in [6.45, 7) is 6.34. The first-order valence-corrected chi connectivity index (χ1v) is 10.6. The second-order valence-corrected chi connectivity index (χ2v) is 7.74. The fraction of sp³-hybridized carbons (Fsp3) is 0.333. The highest BCUT2D eigenvalue weighted by Crippen LogP contribution is 2.32. The molecule has 1 aliphatic rings. The Hall–Kier alpha value is -2.55. The van der Waals surface area contributed by atoms with Crippen LogP contribution in [0.25, 0.3) is 10.9 Å². The fourth-order valence-electron chi connectivity index (χ4n) is 4.09. The predicted octanol–water partition coefficient (Wildman–Crippen LogP) is 4.32. The Bertz CT molecular complexity index is 1070. The van der Waals surface area contributed by atoms with Crippen LogP contribution in [0, 0.1) is 6.92 Å². The minimum Gasteiger partial charge on any atom is -0.361 e. The number of anilines is 1. The normalized spacial score (nSPS) is 15.7. The zero-order chi connectivity index (χ0) is 20.9. The van der Waals surface area contributed by atoms with Crippen LogP contribution in [0.3, 0.4) is 0 Å². The molecule has 4 N–H and O–H groups in total. The Morgan fingerprint density at radius 1 is 1.16 bits per heavy atom. The molecule has 1 amide bonds. The summed E-state index contributed by atoms with van der Waals surface area (Å²) in [6.07, 6.45) is 3.47. The molecule has 0 saturated carbocycles. The van der Waals surface area contributed by atoms with Gasteiger partial charge in [-0.1, -0.05) is 36.4 Å². The van der Waals surface area contributed by atoms with Crippen LogP contribution in [0.1, 0.15) is 36.0 Å². The molecule has 1 unspecified atom stereocenters. The molecule has 0 radical (unpaired) electrons. The maximum atomic E-state index is 12.0. The number of aromatic amines is 1. The number of fused-ring (bicyclic) bond motifs is 2. The van der Waals surface area contributed by atoms with Gasteiger partial charge in [0, 0.05) is 48.2 Å². The third kappa shape index (κ3) is 5.39. The van der Waals surface area contributed by atoms with Crippen LogP contribution in [-0.2, 0) is 11.2 Å². The molecule has 2 heterocycles. The molecule has 4 rings (SSSR count). The van der Waals surface area contributed by atoms with Crippen LogP contribution in [0.15, 0.2) is 53.7 Å². The second kappa shape index (κ2) is 10.7. The highest BCUT2D eigenvalue weighted by Gasteiger charge is 2.24.